The third-order valence-corrected chi connectivity index (χ3v) is 1.16. The van der Waals surface area contributed by atoms with Crippen molar-refractivity contribution >= 4 is 20.3 Å². The Kier molecular flexibility index (Phi) is 15.0. The summed E-state index contributed by atoms with van der Waals surface area (Å²) in [5.41, 5.74) is 0.310. The summed E-state index contributed by atoms with van der Waals surface area (Å²) in [6.45, 7) is 0. The first kappa shape index (κ1) is 20.2. The van der Waals surface area contributed by atoms with E-state index in [1.165, 1.54) is 12.3 Å². The van der Waals surface area contributed by atoms with Crippen molar-refractivity contribution in [3.05, 3.63) is 30.7 Å². The van der Waals surface area contributed by atoms with Crippen molar-refractivity contribution in [2.75, 3.05) is 0 Å². The Morgan fingerprint density at radius 3 is 2.06 bits per heavy atom. The summed E-state index contributed by atoms with van der Waals surface area (Å²) in [4.78, 5) is 0. The average Bonchev–Trinajstić information content (AvgIpc) is 2.94. The molecule has 0 aliphatic carbocycles. The minimum Gasteiger partial charge on any atom is -0.422 e. The summed E-state index contributed by atoms with van der Waals surface area (Å²) in [5.74, 6) is 0. The number of halogens is 3. The van der Waals surface area contributed by atoms with Gasteiger partial charge in [0, 0.05) is 6.20 Å². The van der Waals surface area contributed by atoms with Crippen molar-refractivity contribution in [1.82, 2.24) is 20.4 Å². The number of aromatic nitrogens is 4. The van der Waals surface area contributed by atoms with Gasteiger partial charge in [0.1, 0.15) is 0 Å². The minimum atomic E-state index is -3.67. The second-order valence-electron chi connectivity index (χ2n) is 2.34. The number of nitrogens with one attached hydrogen (secondary N) is 2. The molecule has 0 bridgehead atoms. The number of nitrogens with zero attached hydrogens (tertiary/aromatic N) is 2. The van der Waals surface area contributed by atoms with Crippen molar-refractivity contribution < 1.29 is 74.4 Å². The van der Waals surface area contributed by atoms with Crippen LogP contribution < -0.4 is 57.0 Å². The van der Waals surface area contributed by atoms with Gasteiger partial charge in [-0.25, -0.2) is 0 Å². The molecule has 0 spiro atoms. The first-order chi connectivity index (χ1) is 8.04. The molecule has 0 saturated carbocycles. The van der Waals surface area contributed by atoms with Crippen LogP contribution in [0.25, 0.3) is 0 Å². The van der Waals surface area contributed by atoms with Crippen LogP contribution in [0, 0.1) is 6.20 Å². The normalized spacial score (nSPS) is 7.83. The number of rotatable bonds is 1. The van der Waals surface area contributed by atoms with Crippen LogP contribution in [0.2, 0.25) is 0 Å². The number of H-pyrrole nitrogens is 2. The largest absolute Gasteiger partial charge is 1.00 e. The van der Waals surface area contributed by atoms with Crippen LogP contribution in [-0.4, -0.2) is 45.1 Å². The Bertz CT molecular complexity index is 332. The second-order valence-corrected chi connectivity index (χ2v) is 2.34. The summed E-state index contributed by atoms with van der Waals surface area (Å²) in [7, 11) is -5.10. The Morgan fingerprint density at radius 1 is 1.28 bits per heavy atom. The van der Waals surface area contributed by atoms with Crippen LogP contribution >= 0.6 is 0 Å². The van der Waals surface area contributed by atoms with E-state index < -0.39 is 14.7 Å². The summed E-state index contributed by atoms with van der Waals surface area (Å²) in [6, 6.07) is 3.20. The molecule has 0 radical (unpaired) electrons. The fourth-order valence-corrected chi connectivity index (χ4v) is 0.597. The number of hydrogen-bond acceptors (Lipinski definition) is 4. The predicted octanol–water partition coefficient (Wildman–Crippen LogP) is -3.82. The van der Waals surface area contributed by atoms with E-state index in [4.69, 9.17) is 10.0 Å². The summed E-state index contributed by atoms with van der Waals surface area (Å²) >= 11 is 0. The molecule has 0 aromatic carbocycles. The summed E-state index contributed by atoms with van der Waals surface area (Å²) in [6.07, 6.45) is 5.72. The Labute approximate surface area is 144 Å². The maximum Gasteiger partial charge on any atom is 1.00 e. The average molecular weight is 286 g/mol. The quantitative estimate of drug-likeness (QED) is 0.319. The fraction of sp³-hybridized carbons (Fsp3) is 0. The summed E-state index contributed by atoms with van der Waals surface area (Å²) < 4.78 is 29.0. The zero-order valence-electron chi connectivity index (χ0n) is 9.39. The van der Waals surface area contributed by atoms with Gasteiger partial charge in [0.05, 0.1) is 5.59 Å². The van der Waals surface area contributed by atoms with Crippen LogP contribution in [0.5, 0.6) is 0 Å². The number of hydrogen-bond donors (Lipinski definition) is 4. The standard InChI is InChI=1S/C3H5BN2O2.C3H3N2.BF3.K/c7-4(8)3-1-2-5-6-3;1-2-4-5-3-1;2-1(3)4;/h1-2,7-8H,(H,5,6);1-2H,(H,4,5);;/q;-1;;+1. The van der Waals surface area contributed by atoms with Gasteiger partial charge >= 0.3 is 66.0 Å². The molecule has 4 N–H and O–H groups in total. The Hall–Kier alpha value is -0.104. The summed E-state index contributed by atoms with van der Waals surface area (Å²) in [5, 5.41) is 28.7. The van der Waals surface area contributed by atoms with E-state index in [0.717, 1.165) is 0 Å². The molecule has 0 atom stereocenters. The van der Waals surface area contributed by atoms with Crippen LogP contribution in [0.15, 0.2) is 24.5 Å². The third kappa shape index (κ3) is 14.0. The molecule has 0 amide bonds. The molecule has 2 heterocycles. The van der Waals surface area contributed by atoms with E-state index in [-0.39, 0.29) is 51.4 Å². The van der Waals surface area contributed by atoms with Gasteiger partial charge in [-0.2, -0.15) is 11.2 Å². The SMILES string of the molecule is FB(F)F.OB(O)c1ccn[nH]1.[K+].[c-]1cc[nH]n1. The molecular formula is C6H8B2F3KN4O2. The fourth-order valence-electron chi connectivity index (χ4n) is 0.597. The number of aromatic amines is 2. The molecule has 0 aliphatic rings. The van der Waals surface area contributed by atoms with Crippen molar-refractivity contribution in [2.45, 2.75) is 0 Å². The predicted molar refractivity (Wildman–Crippen MR) is 54.9 cm³/mol. The molecular weight excluding hydrogens is 278 g/mol. The van der Waals surface area contributed by atoms with Gasteiger partial charge in [0.2, 0.25) is 0 Å². The van der Waals surface area contributed by atoms with Crippen molar-refractivity contribution in [2.24, 2.45) is 0 Å². The van der Waals surface area contributed by atoms with Crippen LogP contribution in [0.1, 0.15) is 0 Å². The van der Waals surface area contributed by atoms with Gasteiger partial charge in [-0.3, -0.25) is 18.0 Å². The molecule has 6 nitrogen and oxygen atoms in total. The van der Waals surface area contributed by atoms with E-state index in [2.05, 4.69) is 26.6 Å². The third-order valence-electron chi connectivity index (χ3n) is 1.16. The monoisotopic (exact) mass is 286 g/mol. The van der Waals surface area contributed by atoms with Crippen molar-refractivity contribution in [3.8, 4) is 0 Å². The van der Waals surface area contributed by atoms with Gasteiger partial charge in [-0.1, -0.05) is 0 Å². The van der Waals surface area contributed by atoms with Gasteiger partial charge in [-0.15, -0.1) is 12.4 Å². The van der Waals surface area contributed by atoms with E-state index in [9.17, 15) is 12.9 Å². The molecule has 0 unspecified atom stereocenters. The molecule has 0 aliphatic heterocycles. The van der Waals surface area contributed by atoms with E-state index >= 15 is 0 Å². The van der Waals surface area contributed by atoms with Crippen LogP contribution in [0.3, 0.4) is 0 Å². The topological polar surface area (TPSA) is 97.8 Å². The Morgan fingerprint density at radius 2 is 1.89 bits per heavy atom. The van der Waals surface area contributed by atoms with Crippen LogP contribution in [-0.2, 0) is 0 Å². The zero-order chi connectivity index (χ0) is 13.1. The van der Waals surface area contributed by atoms with Crippen LogP contribution in [0.4, 0.5) is 12.9 Å². The van der Waals surface area contributed by atoms with E-state index in [0.29, 0.717) is 5.59 Å². The molecule has 18 heavy (non-hydrogen) atoms. The molecule has 0 fully saturated rings. The zero-order valence-corrected chi connectivity index (χ0v) is 12.5. The molecule has 2 aromatic rings. The van der Waals surface area contributed by atoms with Gasteiger partial charge in [0.15, 0.2) is 0 Å². The first-order valence-corrected chi connectivity index (χ1v) is 4.17. The first-order valence-electron chi connectivity index (χ1n) is 4.17. The van der Waals surface area contributed by atoms with Gasteiger partial charge < -0.3 is 20.2 Å². The molecule has 12 heteroatoms. The van der Waals surface area contributed by atoms with Crippen molar-refractivity contribution in [1.29, 1.82) is 0 Å². The van der Waals surface area contributed by atoms with E-state index in [1.54, 1.807) is 12.3 Å². The molecule has 2 aromatic heterocycles. The maximum atomic E-state index is 9.67. The minimum absolute atomic E-state index is 0. The molecule has 2 rings (SSSR count). The maximum absolute atomic E-state index is 9.67. The van der Waals surface area contributed by atoms with E-state index in [1.807, 2.05) is 0 Å². The van der Waals surface area contributed by atoms with Gasteiger partial charge in [0.25, 0.3) is 0 Å². The van der Waals surface area contributed by atoms with Crippen molar-refractivity contribution in [3.63, 3.8) is 0 Å². The molecule has 92 valence electrons. The Balaban J connectivity index is 0. The molecule has 0 saturated heterocycles. The van der Waals surface area contributed by atoms with Gasteiger partial charge in [-0.05, 0) is 6.07 Å². The smallest absolute Gasteiger partial charge is 0.422 e. The second kappa shape index (κ2) is 13.3.